The van der Waals surface area contributed by atoms with Gasteiger partial charge in [0.15, 0.2) is 0 Å². The Bertz CT molecular complexity index is 595. The number of hydrogen-bond acceptors (Lipinski definition) is 2. The lowest BCUT2D eigenvalue weighted by Gasteiger charge is -2.39. The topological polar surface area (TPSA) is 57.6 Å². The number of carboxylic acids is 1. The number of likely N-dealkylation sites (tertiary alicyclic amines) is 1. The molecule has 4 bridgehead atoms. The van der Waals surface area contributed by atoms with Crippen LogP contribution in [0.3, 0.4) is 0 Å². The van der Waals surface area contributed by atoms with Crippen molar-refractivity contribution in [3.63, 3.8) is 0 Å². The number of carbonyl (C=O) groups excluding carboxylic acids is 1. The van der Waals surface area contributed by atoms with E-state index in [2.05, 4.69) is 31.7 Å². The largest absolute Gasteiger partial charge is 0.481 e. The Morgan fingerprint density at radius 2 is 1.74 bits per heavy atom. The SMILES string of the molecule is CC1(C)CC2CC(C)(CN2C(=O)C2C3C=CC(C3)C2C(=O)O)C1. The maximum Gasteiger partial charge on any atom is 0.307 e. The number of fused-ring (bicyclic) bond motifs is 4. The van der Waals surface area contributed by atoms with E-state index in [1.807, 2.05) is 6.08 Å². The molecule has 0 aromatic heterocycles. The summed E-state index contributed by atoms with van der Waals surface area (Å²) in [5, 5.41) is 9.61. The first-order chi connectivity index (χ1) is 10.7. The van der Waals surface area contributed by atoms with Gasteiger partial charge in [0, 0.05) is 12.6 Å². The highest BCUT2D eigenvalue weighted by molar-refractivity contribution is 5.87. The molecule has 4 rings (SSSR count). The van der Waals surface area contributed by atoms with Crippen molar-refractivity contribution < 1.29 is 14.7 Å². The molecule has 1 heterocycles. The fourth-order valence-electron chi connectivity index (χ4n) is 6.40. The molecule has 0 aromatic carbocycles. The van der Waals surface area contributed by atoms with E-state index in [9.17, 15) is 14.7 Å². The minimum atomic E-state index is -0.797. The lowest BCUT2D eigenvalue weighted by molar-refractivity contribution is -0.151. The van der Waals surface area contributed by atoms with E-state index in [0.717, 1.165) is 32.2 Å². The summed E-state index contributed by atoms with van der Waals surface area (Å²) in [7, 11) is 0. The highest BCUT2D eigenvalue weighted by Gasteiger charge is 2.57. The molecule has 1 aliphatic heterocycles. The third kappa shape index (κ3) is 2.25. The number of rotatable bonds is 2. The molecule has 4 aliphatic rings. The van der Waals surface area contributed by atoms with Crippen LogP contribution in [0.1, 0.15) is 46.5 Å². The van der Waals surface area contributed by atoms with Crippen LogP contribution in [0.25, 0.3) is 0 Å². The van der Waals surface area contributed by atoms with Gasteiger partial charge in [0.1, 0.15) is 0 Å². The van der Waals surface area contributed by atoms with Crippen molar-refractivity contribution in [2.24, 2.45) is 34.5 Å². The predicted molar refractivity (Wildman–Crippen MR) is 86.6 cm³/mol. The normalized spacial score (nSPS) is 46.4. The Morgan fingerprint density at radius 1 is 1.09 bits per heavy atom. The van der Waals surface area contributed by atoms with Gasteiger partial charge in [-0.1, -0.05) is 32.9 Å². The van der Waals surface area contributed by atoms with Crippen molar-refractivity contribution in [2.45, 2.75) is 52.5 Å². The van der Waals surface area contributed by atoms with Gasteiger partial charge in [0.05, 0.1) is 11.8 Å². The number of hydrogen-bond donors (Lipinski definition) is 1. The van der Waals surface area contributed by atoms with Gasteiger partial charge in [-0.2, -0.15) is 0 Å². The van der Waals surface area contributed by atoms with Crippen LogP contribution in [-0.2, 0) is 9.59 Å². The molecule has 1 saturated heterocycles. The van der Waals surface area contributed by atoms with Crippen LogP contribution in [0.5, 0.6) is 0 Å². The number of carboxylic acid groups (broad SMARTS) is 1. The van der Waals surface area contributed by atoms with Crippen LogP contribution in [0.15, 0.2) is 12.2 Å². The van der Waals surface area contributed by atoms with Crippen LogP contribution in [0, 0.1) is 34.5 Å². The quantitative estimate of drug-likeness (QED) is 0.797. The van der Waals surface area contributed by atoms with Gasteiger partial charge in [0.2, 0.25) is 5.91 Å². The molecule has 0 radical (unpaired) electrons. The minimum absolute atomic E-state index is 0.0560. The molecule has 4 heteroatoms. The Hall–Kier alpha value is -1.32. The maximum absolute atomic E-state index is 13.3. The predicted octanol–water partition coefficient (Wildman–Crippen LogP) is 2.94. The van der Waals surface area contributed by atoms with E-state index in [4.69, 9.17) is 0 Å². The van der Waals surface area contributed by atoms with Crippen molar-refractivity contribution >= 4 is 11.9 Å². The van der Waals surface area contributed by atoms with E-state index >= 15 is 0 Å². The van der Waals surface area contributed by atoms with Crippen molar-refractivity contribution in [3.8, 4) is 0 Å². The second kappa shape index (κ2) is 4.61. The van der Waals surface area contributed by atoms with E-state index in [1.54, 1.807) is 0 Å². The Kier molecular flexibility index (Phi) is 3.05. The number of amides is 1. The molecule has 126 valence electrons. The number of allylic oxidation sites excluding steroid dienone is 2. The van der Waals surface area contributed by atoms with Crippen LogP contribution in [0.2, 0.25) is 0 Å². The molecule has 3 fully saturated rings. The van der Waals surface area contributed by atoms with Crippen molar-refractivity contribution in [1.82, 2.24) is 4.90 Å². The van der Waals surface area contributed by atoms with Crippen LogP contribution < -0.4 is 0 Å². The highest BCUT2D eigenvalue weighted by Crippen LogP contribution is 2.55. The number of carbonyl (C=O) groups is 2. The van der Waals surface area contributed by atoms with E-state index < -0.39 is 11.9 Å². The summed E-state index contributed by atoms with van der Waals surface area (Å²) in [6, 6.07) is 0.300. The van der Waals surface area contributed by atoms with Crippen LogP contribution >= 0.6 is 0 Å². The molecule has 23 heavy (non-hydrogen) atoms. The summed E-state index contributed by atoms with van der Waals surface area (Å²) in [4.78, 5) is 27.0. The van der Waals surface area contributed by atoms with E-state index in [1.165, 1.54) is 0 Å². The molecular weight excluding hydrogens is 290 g/mol. The van der Waals surface area contributed by atoms with Gasteiger partial charge in [-0.25, -0.2) is 0 Å². The summed E-state index contributed by atoms with van der Waals surface area (Å²) in [6.45, 7) is 7.70. The summed E-state index contributed by atoms with van der Waals surface area (Å²) in [6.07, 6.45) is 8.22. The van der Waals surface area contributed by atoms with Crippen LogP contribution in [-0.4, -0.2) is 34.5 Å². The van der Waals surface area contributed by atoms with E-state index in [-0.39, 0.29) is 34.5 Å². The molecule has 0 aromatic rings. The average Bonchev–Trinajstić information content (AvgIpc) is 3.07. The lowest BCUT2D eigenvalue weighted by Crippen LogP contribution is -2.45. The standard InChI is InChI=1S/C19H27NO3/c1-18(2)7-13-8-19(3,9-18)10-20(13)16(21)14-11-4-5-12(6-11)15(14)17(22)23/h4-5,11-15H,6-10H2,1-3H3,(H,22,23). The molecular formula is C19H27NO3. The van der Waals surface area contributed by atoms with Gasteiger partial charge >= 0.3 is 5.97 Å². The summed E-state index contributed by atoms with van der Waals surface area (Å²) >= 11 is 0. The van der Waals surface area contributed by atoms with E-state index in [0.29, 0.717) is 6.04 Å². The molecule has 4 nitrogen and oxygen atoms in total. The second-order valence-electron chi connectivity index (χ2n) is 9.52. The molecule has 3 aliphatic carbocycles. The number of nitrogens with zero attached hydrogens (tertiary/aromatic N) is 1. The van der Waals surface area contributed by atoms with Gasteiger partial charge in [0.25, 0.3) is 0 Å². The first-order valence-corrected chi connectivity index (χ1v) is 8.91. The summed E-state index contributed by atoms with van der Waals surface area (Å²) in [5.41, 5.74) is 0.474. The molecule has 2 saturated carbocycles. The third-order valence-electron chi connectivity index (χ3n) is 6.73. The first kappa shape index (κ1) is 15.2. The Balaban J connectivity index is 1.61. The molecule has 0 spiro atoms. The zero-order valence-corrected chi connectivity index (χ0v) is 14.3. The van der Waals surface area contributed by atoms with Gasteiger partial charge in [-0.3, -0.25) is 9.59 Å². The monoisotopic (exact) mass is 317 g/mol. The Morgan fingerprint density at radius 3 is 2.39 bits per heavy atom. The second-order valence-corrected chi connectivity index (χ2v) is 9.52. The number of aliphatic carboxylic acids is 1. The third-order valence-corrected chi connectivity index (χ3v) is 6.73. The summed E-state index contributed by atoms with van der Waals surface area (Å²) < 4.78 is 0. The average molecular weight is 317 g/mol. The fourth-order valence-corrected chi connectivity index (χ4v) is 6.40. The molecule has 1 amide bonds. The van der Waals surface area contributed by atoms with Crippen molar-refractivity contribution in [2.75, 3.05) is 6.54 Å². The maximum atomic E-state index is 13.3. The fraction of sp³-hybridized carbons (Fsp3) is 0.789. The molecule has 6 unspecified atom stereocenters. The first-order valence-electron chi connectivity index (χ1n) is 8.91. The molecule has 6 atom stereocenters. The van der Waals surface area contributed by atoms with Crippen molar-refractivity contribution in [3.05, 3.63) is 12.2 Å². The molecule has 1 N–H and O–H groups in total. The smallest absolute Gasteiger partial charge is 0.307 e. The minimum Gasteiger partial charge on any atom is -0.481 e. The van der Waals surface area contributed by atoms with Gasteiger partial charge < -0.3 is 10.0 Å². The summed E-state index contributed by atoms with van der Waals surface area (Å²) in [5.74, 6) is -1.35. The van der Waals surface area contributed by atoms with Crippen molar-refractivity contribution in [1.29, 1.82) is 0 Å². The zero-order chi connectivity index (χ0) is 16.6. The zero-order valence-electron chi connectivity index (χ0n) is 14.3. The Labute approximate surface area is 137 Å². The van der Waals surface area contributed by atoms with Gasteiger partial charge in [-0.15, -0.1) is 0 Å². The van der Waals surface area contributed by atoms with Crippen LogP contribution in [0.4, 0.5) is 0 Å². The lowest BCUT2D eigenvalue weighted by atomic mass is 9.65. The highest BCUT2D eigenvalue weighted by atomic mass is 16.4. The van der Waals surface area contributed by atoms with Gasteiger partial charge in [-0.05, 0) is 48.3 Å².